The zero-order chi connectivity index (χ0) is 31.7. The van der Waals surface area contributed by atoms with Gasteiger partial charge in [0.05, 0.1) is 11.4 Å². The molecule has 0 saturated carbocycles. The molecule has 240 valence electrons. The number of benzene rings is 2. The average molecular weight is 651 g/mol. The summed E-state index contributed by atoms with van der Waals surface area (Å²) in [7, 11) is 0. The molecular formula is C34H34N8O4S. The van der Waals surface area contributed by atoms with E-state index in [0.717, 1.165) is 64.5 Å². The van der Waals surface area contributed by atoms with Crippen molar-refractivity contribution >= 4 is 39.1 Å². The lowest BCUT2D eigenvalue weighted by molar-refractivity contribution is -0.132. The third-order valence-corrected chi connectivity index (χ3v) is 9.99. The molecule has 12 nitrogen and oxygen atoms in total. The van der Waals surface area contributed by atoms with Crippen LogP contribution in [0.1, 0.15) is 16.1 Å². The fourth-order valence-electron chi connectivity index (χ4n) is 6.46. The molecule has 0 bridgehead atoms. The van der Waals surface area contributed by atoms with Gasteiger partial charge in [0.25, 0.3) is 5.91 Å². The maximum absolute atomic E-state index is 13.2. The summed E-state index contributed by atoms with van der Waals surface area (Å²) in [5.74, 6) is 2.17. The number of carbonyl (C=O) groups excluding carboxylic acids is 2. The van der Waals surface area contributed by atoms with Crippen LogP contribution in [0.3, 0.4) is 0 Å². The molecule has 0 aliphatic carbocycles. The molecule has 3 aliphatic rings. The number of carbonyl (C=O) groups is 2. The molecular weight excluding hydrogens is 616 g/mol. The first-order valence-corrected chi connectivity index (χ1v) is 16.7. The van der Waals surface area contributed by atoms with Crippen molar-refractivity contribution < 1.29 is 19.1 Å². The van der Waals surface area contributed by atoms with Crippen molar-refractivity contribution in [1.82, 2.24) is 35.3 Å². The second kappa shape index (κ2) is 12.6. The number of piperazine rings is 1. The van der Waals surface area contributed by atoms with Gasteiger partial charge < -0.3 is 24.6 Å². The summed E-state index contributed by atoms with van der Waals surface area (Å²) < 4.78 is 11.4. The zero-order valence-corrected chi connectivity index (χ0v) is 26.5. The number of aromatic nitrogens is 4. The maximum atomic E-state index is 13.2. The van der Waals surface area contributed by atoms with Crippen LogP contribution in [0, 0.1) is 0 Å². The molecule has 47 heavy (non-hydrogen) atoms. The molecule has 2 fully saturated rings. The molecule has 5 aromatic rings. The van der Waals surface area contributed by atoms with Gasteiger partial charge in [-0.25, -0.2) is 9.97 Å². The van der Waals surface area contributed by atoms with E-state index in [1.807, 2.05) is 47.4 Å². The fourth-order valence-corrected chi connectivity index (χ4v) is 7.37. The molecule has 0 spiro atoms. The van der Waals surface area contributed by atoms with E-state index in [-0.39, 0.29) is 17.9 Å². The van der Waals surface area contributed by atoms with Gasteiger partial charge in [-0.05, 0) is 61.0 Å². The van der Waals surface area contributed by atoms with Crippen LogP contribution in [0.2, 0.25) is 0 Å². The topological polar surface area (TPSA) is 129 Å². The smallest absolute Gasteiger partial charge is 0.261 e. The number of hydrogen-bond donors (Lipinski definition) is 2. The first-order chi connectivity index (χ1) is 23.1. The Labute approximate surface area is 275 Å². The summed E-state index contributed by atoms with van der Waals surface area (Å²) in [5.41, 5.74) is 3.79. The van der Waals surface area contributed by atoms with Crippen molar-refractivity contribution in [2.24, 2.45) is 0 Å². The number of likely N-dealkylation sites (tertiary alicyclic amines) is 1. The number of nitrogens with zero attached hydrogens (tertiary/aromatic N) is 6. The Kier molecular flexibility index (Phi) is 7.91. The highest BCUT2D eigenvalue weighted by Crippen LogP contribution is 2.38. The molecule has 13 heteroatoms. The van der Waals surface area contributed by atoms with Gasteiger partial charge in [-0.1, -0.05) is 0 Å². The highest BCUT2D eigenvalue weighted by Gasteiger charge is 2.29. The first kappa shape index (κ1) is 29.4. The monoisotopic (exact) mass is 650 g/mol. The highest BCUT2D eigenvalue weighted by molar-refractivity contribution is 7.20. The number of H-pyrrole nitrogens is 1. The predicted octanol–water partition coefficient (Wildman–Crippen LogP) is 3.67. The number of aromatic amines is 1. The molecule has 8 rings (SSSR count). The third-order valence-electron chi connectivity index (χ3n) is 8.95. The van der Waals surface area contributed by atoms with Crippen molar-refractivity contribution in [2.75, 3.05) is 63.9 Å². The molecule has 2 N–H and O–H groups in total. The lowest BCUT2D eigenvalue weighted by Gasteiger charge is -2.36. The van der Waals surface area contributed by atoms with Gasteiger partial charge in [-0.3, -0.25) is 19.6 Å². The summed E-state index contributed by atoms with van der Waals surface area (Å²) in [5, 5.41) is 11.7. The number of anilines is 1. The van der Waals surface area contributed by atoms with Gasteiger partial charge in [0.2, 0.25) is 5.91 Å². The van der Waals surface area contributed by atoms with Crippen LogP contribution in [0.25, 0.3) is 32.9 Å². The summed E-state index contributed by atoms with van der Waals surface area (Å²) in [4.78, 5) is 43.0. The van der Waals surface area contributed by atoms with Gasteiger partial charge >= 0.3 is 0 Å². The second-order valence-corrected chi connectivity index (χ2v) is 13.0. The van der Waals surface area contributed by atoms with Gasteiger partial charge in [0, 0.05) is 79.9 Å². The van der Waals surface area contributed by atoms with Crippen LogP contribution < -0.4 is 19.7 Å². The molecule has 2 saturated heterocycles. The Morgan fingerprint density at radius 3 is 2.49 bits per heavy atom. The average Bonchev–Trinajstić information content (AvgIpc) is 3.85. The summed E-state index contributed by atoms with van der Waals surface area (Å²) in [6, 6.07) is 17.7. The summed E-state index contributed by atoms with van der Waals surface area (Å²) >= 11 is 1.39. The van der Waals surface area contributed by atoms with Crippen LogP contribution >= 0.6 is 11.3 Å². The van der Waals surface area contributed by atoms with Gasteiger partial charge in [-0.2, -0.15) is 5.10 Å². The predicted molar refractivity (Wildman–Crippen MR) is 179 cm³/mol. The molecule has 0 radical (unpaired) electrons. The molecule has 2 aromatic carbocycles. The molecule has 2 amide bonds. The van der Waals surface area contributed by atoms with E-state index in [1.54, 1.807) is 12.4 Å². The second-order valence-electron chi connectivity index (χ2n) is 12.0. The van der Waals surface area contributed by atoms with E-state index < -0.39 is 0 Å². The van der Waals surface area contributed by atoms with Gasteiger partial charge in [-0.15, -0.1) is 11.3 Å². The zero-order valence-electron chi connectivity index (χ0n) is 25.7. The Morgan fingerprint density at radius 1 is 0.915 bits per heavy atom. The number of nitrogens with one attached hydrogen (secondary N) is 2. The number of rotatable bonds is 7. The van der Waals surface area contributed by atoms with Crippen molar-refractivity contribution in [3.05, 3.63) is 71.9 Å². The molecule has 6 heterocycles. The van der Waals surface area contributed by atoms with Crippen LogP contribution in [0.4, 0.5) is 5.69 Å². The van der Waals surface area contributed by atoms with Crippen molar-refractivity contribution in [1.29, 1.82) is 0 Å². The minimum atomic E-state index is -0.105. The van der Waals surface area contributed by atoms with E-state index in [9.17, 15) is 9.59 Å². The van der Waals surface area contributed by atoms with E-state index >= 15 is 0 Å². The summed E-state index contributed by atoms with van der Waals surface area (Å²) in [6.45, 7) is 5.79. The van der Waals surface area contributed by atoms with Crippen molar-refractivity contribution in [3.8, 4) is 34.1 Å². The van der Waals surface area contributed by atoms with Crippen molar-refractivity contribution in [3.63, 3.8) is 0 Å². The van der Waals surface area contributed by atoms with Gasteiger partial charge in [0.15, 0.2) is 17.3 Å². The van der Waals surface area contributed by atoms with Crippen LogP contribution in [0.15, 0.2) is 67.0 Å². The van der Waals surface area contributed by atoms with Crippen LogP contribution in [-0.4, -0.2) is 107 Å². The molecule has 3 aromatic heterocycles. The molecule has 1 atom stereocenters. The fraction of sp³-hybridized carbons (Fsp3) is 0.324. The van der Waals surface area contributed by atoms with Crippen LogP contribution in [-0.2, 0) is 4.79 Å². The molecule has 0 unspecified atom stereocenters. The quantitative estimate of drug-likeness (QED) is 0.271. The van der Waals surface area contributed by atoms with Crippen LogP contribution in [0.5, 0.6) is 11.5 Å². The lowest BCUT2D eigenvalue weighted by Crippen LogP contribution is -2.51. The number of ether oxygens (including phenoxy) is 2. The van der Waals surface area contributed by atoms with E-state index in [2.05, 4.69) is 47.4 Å². The standard InChI is InChI=1S/C34H34N8O4S/c43-30(42-14-12-41(13-15-42)25-5-2-22(3-6-25)32-35-9-1-10-36-32)21-40-11-8-24(20-40)37-33(44)29-19-26-31(38-39-34(26)47-29)23-4-7-27-28(18-23)46-17-16-45-27/h1-7,9-10,18-19,24H,8,11-17,20-21H2,(H,37,44)(H,38,39)/t24-/m1/s1. The Balaban J connectivity index is 0.822. The number of fused-ring (bicyclic) bond motifs is 2. The minimum Gasteiger partial charge on any atom is -0.486 e. The number of thiophene rings is 1. The first-order valence-electron chi connectivity index (χ1n) is 15.9. The number of hydrogen-bond acceptors (Lipinski definition) is 10. The third kappa shape index (κ3) is 6.11. The van der Waals surface area contributed by atoms with Crippen molar-refractivity contribution in [2.45, 2.75) is 12.5 Å². The Hall–Kier alpha value is -5.01. The molecule has 3 aliphatic heterocycles. The highest BCUT2D eigenvalue weighted by atomic mass is 32.1. The number of amides is 2. The van der Waals surface area contributed by atoms with E-state index in [4.69, 9.17) is 9.47 Å². The minimum absolute atomic E-state index is 0.00719. The SMILES string of the molecule is O=C(N[C@@H]1CCN(CC(=O)N2CCN(c3ccc(-c4ncccn4)cc3)CC2)C1)c1cc2c(-c3ccc4c(c3)OCCO4)n[nH]c2s1. The lowest BCUT2D eigenvalue weighted by atomic mass is 10.1. The summed E-state index contributed by atoms with van der Waals surface area (Å²) in [6.07, 6.45) is 4.30. The van der Waals surface area contributed by atoms with E-state index in [1.165, 1.54) is 11.3 Å². The maximum Gasteiger partial charge on any atom is 0.261 e. The Bertz CT molecular complexity index is 1900. The largest absolute Gasteiger partial charge is 0.486 e. The normalized spacial score (nSPS) is 18.1. The Morgan fingerprint density at radius 2 is 1.68 bits per heavy atom. The van der Waals surface area contributed by atoms with Gasteiger partial charge in [0.1, 0.15) is 23.7 Å². The van der Waals surface area contributed by atoms with E-state index in [0.29, 0.717) is 55.8 Å².